The van der Waals surface area contributed by atoms with Crippen LogP contribution in [-0.2, 0) is 9.53 Å². The zero-order chi connectivity index (χ0) is 16.0. The van der Waals surface area contributed by atoms with Crippen molar-refractivity contribution >= 4 is 12.0 Å². The topological polar surface area (TPSA) is 78.9 Å². The van der Waals surface area contributed by atoms with E-state index in [2.05, 4.69) is 19.2 Å². The maximum atomic E-state index is 12.2. The lowest BCUT2D eigenvalue weighted by Gasteiger charge is -2.34. The molecule has 6 nitrogen and oxygen atoms in total. The predicted molar refractivity (Wildman–Crippen MR) is 80.2 cm³/mol. The molecule has 0 saturated carbocycles. The molecule has 1 saturated heterocycles. The van der Waals surface area contributed by atoms with E-state index in [4.69, 9.17) is 4.74 Å². The second kappa shape index (κ2) is 7.64. The van der Waals surface area contributed by atoms with Crippen molar-refractivity contribution in [1.82, 2.24) is 10.2 Å². The Labute approximate surface area is 126 Å². The van der Waals surface area contributed by atoms with Crippen LogP contribution in [-0.4, -0.2) is 54.9 Å². The summed E-state index contributed by atoms with van der Waals surface area (Å²) in [6.45, 7) is 7.25. The number of carbonyl (C=O) groups is 2. The monoisotopic (exact) mass is 300 g/mol. The molecular weight excluding hydrogens is 272 g/mol. The molecule has 0 bridgehead atoms. The van der Waals surface area contributed by atoms with E-state index in [1.807, 2.05) is 6.92 Å². The maximum absolute atomic E-state index is 12.2. The van der Waals surface area contributed by atoms with Gasteiger partial charge in [0.1, 0.15) is 0 Å². The minimum absolute atomic E-state index is 0.125. The third-order valence-corrected chi connectivity index (χ3v) is 4.28. The molecule has 2 N–H and O–H groups in total. The molecule has 2 amide bonds. The fourth-order valence-corrected chi connectivity index (χ4v) is 2.64. The van der Waals surface area contributed by atoms with Crippen LogP contribution in [0.1, 0.15) is 40.0 Å². The molecule has 0 aromatic heterocycles. The fourth-order valence-electron chi connectivity index (χ4n) is 2.64. The highest BCUT2D eigenvalue weighted by Gasteiger charge is 2.40. The Kier molecular flexibility index (Phi) is 6.45. The summed E-state index contributed by atoms with van der Waals surface area (Å²) in [5.41, 5.74) is -0.893. The number of carboxylic acids is 1. The van der Waals surface area contributed by atoms with Gasteiger partial charge in [0.05, 0.1) is 5.41 Å². The average molecular weight is 300 g/mol. The number of nitrogens with one attached hydrogen (secondary N) is 1. The standard InChI is InChI=1S/C15H28N2O4/c1-11(2)9-12(3)17(4)14(20)16-10-15(13(18)19)5-7-21-8-6-15/h11-12H,5-10H2,1-4H3,(H,16,20)(H,18,19). The summed E-state index contributed by atoms with van der Waals surface area (Å²) in [7, 11) is 1.75. The molecule has 122 valence electrons. The van der Waals surface area contributed by atoms with Crippen molar-refractivity contribution in [2.75, 3.05) is 26.8 Å². The van der Waals surface area contributed by atoms with Gasteiger partial charge < -0.3 is 20.1 Å². The second-order valence-electron chi connectivity index (χ2n) is 6.45. The lowest BCUT2D eigenvalue weighted by molar-refractivity contribution is -0.154. The van der Waals surface area contributed by atoms with Gasteiger partial charge in [0, 0.05) is 32.8 Å². The summed E-state index contributed by atoms with van der Waals surface area (Å²) in [6, 6.07) is -0.0873. The Balaban J connectivity index is 2.55. The van der Waals surface area contributed by atoms with E-state index >= 15 is 0 Å². The largest absolute Gasteiger partial charge is 0.481 e. The number of aliphatic carboxylic acids is 1. The van der Waals surface area contributed by atoms with Gasteiger partial charge in [0.2, 0.25) is 0 Å². The second-order valence-corrected chi connectivity index (χ2v) is 6.45. The van der Waals surface area contributed by atoms with Crippen molar-refractivity contribution in [2.45, 2.75) is 46.1 Å². The van der Waals surface area contributed by atoms with Crippen LogP contribution in [0, 0.1) is 11.3 Å². The van der Waals surface area contributed by atoms with Gasteiger partial charge in [-0.2, -0.15) is 0 Å². The van der Waals surface area contributed by atoms with Gasteiger partial charge >= 0.3 is 12.0 Å². The third-order valence-electron chi connectivity index (χ3n) is 4.28. The van der Waals surface area contributed by atoms with E-state index in [0.29, 0.717) is 32.0 Å². The van der Waals surface area contributed by atoms with Crippen LogP contribution in [0.5, 0.6) is 0 Å². The number of carbonyl (C=O) groups excluding carboxylic acids is 1. The van der Waals surface area contributed by atoms with Crippen molar-refractivity contribution in [2.24, 2.45) is 11.3 Å². The van der Waals surface area contributed by atoms with Crippen molar-refractivity contribution in [3.8, 4) is 0 Å². The van der Waals surface area contributed by atoms with E-state index in [1.54, 1.807) is 11.9 Å². The zero-order valence-electron chi connectivity index (χ0n) is 13.5. The molecule has 1 fully saturated rings. The molecule has 1 unspecified atom stereocenters. The minimum Gasteiger partial charge on any atom is -0.481 e. The van der Waals surface area contributed by atoms with E-state index in [9.17, 15) is 14.7 Å². The number of amides is 2. The fraction of sp³-hybridized carbons (Fsp3) is 0.867. The predicted octanol–water partition coefficient (Wildman–Crippen LogP) is 1.94. The van der Waals surface area contributed by atoms with Crippen LogP contribution in [0.25, 0.3) is 0 Å². The van der Waals surface area contributed by atoms with Crippen molar-refractivity contribution in [3.05, 3.63) is 0 Å². The van der Waals surface area contributed by atoms with Gasteiger partial charge in [0.15, 0.2) is 0 Å². The smallest absolute Gasteiger partial charge is 0.317 e. The first-order valence-corrected chi connectivity index (χ1v) is 7.60. The number of nitrogens with zero attached hydrogens (tertiary/aromatic N) is 1. The van der Waals surface area contributed by atoms with Crippen LogP contribution < -0.4 is 5.32 Å². The van der Waals surface area contributed by atoms with E-state index in [1.165, 1.54) is 0 Å². The highest BCUT2D eigenvalue weighted by molar-refractivity contribution is 5.78. The zero-order valence-corrected chi connectivity index (χ0v) is 13.5. The van der Waals surface area contributed by atoms with Crippen LogP contribution in [0.15, 0.2) is 0 Å². The average Bonchev–Trinajstić information content (AvgIpc) is 2.44. The normalized spacial score (nSPS) is 19.1. The van der Waals surface area contributed by atoms with Gasteiger partial charge in [-0.05, 0) is 32.1 Å². The van der Waals surface area contributed by atoms with E-state index < -0.39 is 11.4 Å². The van der Waals surface area contributed by atoms with Gasteiger partial charge in [0.25, 0.3) is 0 Å². The van der Waals surface area contributed by atoms with Gasteiger partial charge in [-0.3, -0.25) is 4.79 Å². The van der Waals surface area contributed by atoms with Crippen molar-refractivity contribution in [1.29, 1.82) is 0 Å². The van der Waals surface area contributed by atoms with Crippen molar-refractivity contribution in [3.63, 3.8) is 0 Å². The first kappa shape index (κ1) is 17.8. The Bertz CT molecular complexity index is 365. The molecule has 0 aliphatic carbocycles. The third kappa shape index (κ3) is 4.88. The summed E-state index contributed by atoms with van der Waals surface area (Å²) in [6.07, 6.45) is 1.80. The molecule has 0 spiro atoms. The summed E-state index contributed by atoms with van der Waals surface area (Å²) in [4.78, 5) is 25.3. The molecule has 1 heterocycles. The SMILES string of the molecule is CC(C)CC(C)N(C)C(=O)NCC1(C(=O)O)CCOCC1. The quantitative estimate of drug-likeness (QED) is 0.786. The lowest BCUT2D eigenvalue weighted by Crippen LogP contribution is -2.50. The number of urea groups is 1. The Morgan fingerprint density at radius 1 is 1.29 bits per heavy atom. The first-order valence-electron chi connectivity index (χ1n) is 7.60. The highest BCUT2D eigenvalue weighted by atomic mass is 16.5. The molecular formula is C15H28N2O4. The first-order chi connectivity index (χ1) is 9.78. The van der Waals surface area contributed by atoms with Crippen LogP contribution in [0.3, 0.4) is 0 Å². The molecule has 1 rings (SSSR count). The number of carboxylic acid groups (broad SMARTS) is 1. The van der Waals surface area contributed by atoms with Crippen LogP contribution in [0.4, 0.5) is 4.79 Å². The molecule has 1 aliphatic heterocycles. The summed E-state index contributed by atoms with van der Waals surface area (Å²) < 4.78 is 5.22. The minimum atomic E-state index is -0.893. The molecule has 1 atom stereocenters. The Hall–Kier alpha value is -1.30. The van der Waals surface area contributed by atoms with Gasteiger partial charge in [-0.1, -0.05) is 13.8 Å². The maximum Gasteiger partial charge on any atom is 0.317 e. The highest BCUT2D eigenvalue weighted by Crippen LogP contribution is 2.30. The number of ether oxygens (including phenoxy) is 1. The molecule has 0 radical (unpaired) electrons. The van der Waals surface area contributed by atoms with Crippen LogP contribution >= 0.6 is 0 Å². The van der Waals surface area contributed by atoms with Crippen molar-refractivity contribution < 1.29 is 19.4 Å². The Morgan fingerprint density at radius 3 is 2.33 bits per heavy atom. The number of hydrogen-bond donors (Lipinski definition) is 2. The lowest BCUT2D eigenvalue weighted by atomic mass is 9.80. The van der Waals surface area contributed by atoms with Gasteiger partial charge in [-0.15, -0.1) is 0 Å². The van der Waals surface area contributed by atoms with E-state index in [0.717, 1.165) is 6.42 Å². The molecule has 21 heavy (non-hydrogen) atoms. The summed E-state index contributed by atoms with van der Waals surface area (Å²) in [5, 5.41) is 12.2. The molecule has 1 aliphatic rings. The molecule has 0 aromatic rings. The van der Waals surface area contributed by atoms with E-state index in [-0.39, 0.29) is 18.6 Å². The molecule has 0 aromatic carbocycles. The summed E-state index contributed by atoms with van der Waals surface area (Å²) >= 11 is 0. The Morgan fingerprint density at radius 2 is 1.86 bits per heavy atom. The summed E-state index contributed by atoms with van der Waals surface area (Å²) in [5.74, 6) is -0.347. The number of hydrogen-bond acceptors (Lipinski definition) is 3. The van der Waals surface area contributed by atoms with Crippen LogP contribution in [0.2, 0.25) is 0 Å². The van der Waals surface area contributed by atoms with Gasteiger partial charge in [-0.25, -0.2) is 4.79 Å². The number of rotatable bonds is 6. The molecule has 6 heteroatoms.